The monoisotopic (exact) mass is 344 g/mol. The lowest BCUT2D eigenvalue weighted by molar-refractivity contribution is 0.795. The molecule has 0 atom stereocenters. The molecule has 8 nitrogen and oxygen atoms in total. The summed E-state index contributed by atoms with van der Waals surface area (Å²) in [4.78, 5) is 13.7. The molecule has 9 heteroatoms. The number of aryl methyl sites for hydroxylation is 2. The lowest BCUT2D eigenvalue weighted by Gasteiger charge is -2.22. The minimum absolute atomic E-state index is 0.842. The number of anilines is 2. The zero-order chi connectivity index (χ0) is 16.5. The average molecular weight is 344 g/mol. The molecule has 0 N–H and O–H groups in total. The molecule has 1 aliphatic rings. The molecule has 1 aliphatic heterocycles. The second-order valence-corrected chi connectivity index (χ2v) is 6.60. The first-order chi connectivity index (χ1) is 11.8. The van der Waals surface area contributed by atoms with Crippen molar-refractivity contribution in [1.29, 1.82) is 0 Å². The third kappa shape index (κ3) is 2.68. The number of hydrogen-bond acceptors (Lipinski definition) is 8. The summed E-state index contributed by atoms with van der Waals surface area (Å²) in [6.45, 7) is 7.76. The zero-order valence-corrected chi connectivity index (χ0v) is 14.7. The van der Waals surface area contributed by atoms with E-state index in [1.54, 1.807) is 0 Å². The van der Waals surface area contributed by atoms with Gasteiger partial charge in [-0.2, -0.15) is 4.37 Å². The van der Waals surface area contributed by atoms with Crippen LogP contribution in [0.4, 0.5) is 10.9 Å². The second kappa shape index (κ2) is 6.31. The van der Waals surface area contributed by atoms with Crippen molar-refractivity contribution in [2.24, 2.45) is 0 Å². The Hall–Kier alpha value is -2.29. The molecule has 1 fully saturated rings. The van der Waals surface area contributed by atoms with E-state index in [9.17, 15) is 0 Å². The van der Waals surface area contributed by atoms with Gasteiger partial charge in [0.2, 0.25) is 10.8 Å². The summed E-state index contributed by atoms with van der Waals surface area (Å²) in [6, 6.07) is 0. The van der Waals surface area contributed by atoms with Crippen molar-refractivity contribution in [1.82, 2.24) is 28.9 Å². The van der Waals surface area contributed by atoms with Crippen LogP contribution in [-0.2, 0) is 6.42 Å². The van der Waals surface area contributed by atoms with Crippen LogP contribution in [0.2, 0.25) is 0 Å². The van der Waals surface area contributed by atoms with Gasteiger partial charge < -0.3 is 9.80 Å². The fourth-order valence-corrected chi connectivity index (χ4v) is 3.79. The van der Waals surface area contributed by atoms with Gasteiger partial charge in [0.05, 0.1) is 0 Å². The van der Waals surface area contributed by atoms with Crippen LogP contribution in [0.5, 0.6) is 0 Å². The highest BCUT2D eigenvalue weighted by Gasteiger charge is 2.21. The third-order valence-electron chi connectivity index (χ3n) is 4.28. The molecular weight excluding hydrogens is 324 g/mol. The number of hydrogen-bond donors (Lipinski definition) is 0. The van der Waals surface area contributed by atoms with Crippen LogP contribution in [0.25, 0.3) is 5.65 Å². The van der Waals surface area contributed by atoms with Crippen molar-refractivity contribution >= 4 is 28.1 Å². The average Bonchev–Trinajstić information content (AvgIpc) is 3.14. The van der Waals surface area contributed by atoms with Crippen molar-refractivity contribution in [2.75, 3.05) is 36.0 Å². The lowest BCUT2D eigenvalue weighted by Crippen LogP contribution is -2.31. The standard InChI is InChI=1S/C15H20N8S/c1-3-12-18-19-14-13(16-5-8-23(12)14)21-6-4-7-22(10-9-21)15-17-11(2)20-24-15/h5,8H,3-4,6-7,9-10H2,1-2H3. The van der Waals surface area contributed by atoms with Crippen molar-refractivity contribution in [3.05, 3.63) is 24.0 Å². The van der Waals surface area contributed by atoms with Crippen LogP contribution in [-0.4, -0.2) is 55.1 Å². The fourth-order valence-electron chi connectivity index (χ4n) is 3.06. The maximum atomic E-state index is 4.58. The Morgan fingerprint density at radius 2 is 1.96 bits per heavy atom. The van der Waals surface area contributed by atoms with Gasteiger partial charge in [-0.1, -0.05) is 6.92 Å². The molecule has 0 unspecified atom stereocenters. The van der Waals surface area contributed by atoms with E-state index < -0.39 is 0 Å². The molecule has 1 saturated heterocycles. The summed E-state index contributed by atoms with van der Waals surface area (Å²) in [6.07, 6.45) is 5.68. The predicted octanol–water partition coefficient (Wildman–Crippen LogP) is 1.56. The summed E-state index contributed by atoms with van der Waals surface area (Å²) in [5.41, 5.74) is 0.842. The Labute approximate surface area is 144 Å². The Balaban J connectivity index is 1.58. The van der Waals surface area contributed by atoms with Crippen molar-refractivity contribution in [2.45, 2.75) is 26.7 Å². The summed E-state index contributed by atoms with van der Waals surface area (Å²) in [5, 5.41) is 9.64. The highest BCUT2D eigenvalue weighted by atomic mass is 32.1. The minimum Gasteiger partial charge on any atom is -0.352 e. The highest BCUT2D eigenvalue weighted by molar-refractivity contribution is 7.09. The Bertz CT molecular complexity index is 841. The molecule has 0 amide bonds. The number of rotatable bonds is 3. The van der Waals surface area contributed by atoms with Crippen molar-refractivity contribution < 1.29 is 0 Å². The number of fused-ring (bicyclic) bond motifs is 1. The molecular formula is C15H20N8S. The summed E-state index contributed by atoms with van der Waals surface area (Å²) < 4.78 is 6.33. The molecule has 0 radical (unpaired) electrons. The first-order valence-electron chi connectivity index (χ1n) is 8.25. The van der Waals surface area contributed by atoms with E-state index in [1.807, 2.05) is 23.7 Å². The maximum Gasteiger partial charge on any atom is 0.205 e. The van der Waals surface area contributed by atoms with Gasteiger partial charge in [0, 0.05) is 56.5 Å². The molecule has 4 rings (SSSR count). The summed E-state index contributed by atoms with van der Waals surface area (Å²) in [5.74, 6) is 2.73. The highest BCUT2D eigenvalue weighted by Crippen LogP contribution is 2.23. The summed E-state index contributed by atoms with van der Waals surface area (Å²) in [7, 11) is 0. The molecule has 24 heavy (non-hydrogen) atoms. The van der Waals surface area contributed by atoms with Gasteiger partial charge >= 0.3 is 0 Å². The van der Waals surface area contributed by atoms with E-state index in [0.29, 0.717) is 0 Å². The van der Waals surface area contributed by atoms with Gasteiger partial charge in [-0.15, -0.1) is 10.2 Å². The Morgan fingerprint density at radius 3 is 2.75 bits per heavy atom. The van der Waals surface area contributed by atoms with Gasteiger partial charge in [-0.05, 0) is 13.3 Å². The minimum atomic E-state index is 0.842. The third-order valence-corrected chi connectivity index (χ3v) is 5.15. The van der Waals surface area contributed by atoms with E-state index in [2.05, 4.69) is 41.3 Å². The molecule has 0 aliphatic carbocycles. The van der Waals surface area contributed by atoms with Crippen LogP contribution in [0.15, 0.2) is 12.4 Å². The first kappa shape index (κ1) is 15.3. The molecule has 3 aromatic rings. The molecule has 0 spiro atoms. The largest absolute Gasteiger partial charge is 0.352 e. The van der Waals surface area contributed by atoms with E-state index in [1.165, 1.54) is 11.5 Å². The smallest absolute Gasteiger partial charge is 0.205 e. The Morgan fingerprint density at radius 1 is 1.12 bits per heavy atom. The maximum absolute atomic E-state index is 4.58. The number of nitrogens with zero attached hydrogens (tertiary/aromatic N) is 8. The molecule has 0 saturated carbocycles. The zero-order valence-electron chi connectivity index (χ0n) is 13.9. The van der Waals surface area contributed by atoms with E-state index in [-0.39, 0.29) is 0 Å². The first-order valence-corrected chi connectivity index (χ1v) is 9.02. The Kier molecular flexibility index (Phi) is 4.01. The topological polar surface area (TPSA) is 75.3 Å². The molecule has 4 heterocycles. The molecule has 0 aromatic carbocycles. The van der Waals surface area contributed by atoms with Gasteiger partial charge in [-0.25, -0.2) is 9.97 Å². The van der Waals surface area contributed by atoms with Gasteiger partial charge in [-0.3, -0.25) is 4.40 Å². The van der Waals surface area contributed by atoms with Crippen molar-refractivity contribution in [3.8, 4) is 0 Å². The van der Waals surface area contributed by atoms with E-state index in [0.717, 1.165) is 67.3 Å². The van der Waals surface area contributed by atoms with E-state index >= 15 is 0 Å². The van der Waals surface area contributed by atoms with Crippen LogP contribution in [0.3, 0.4) is 0 Å². The SMILES string of the molecule is CCc1nnc2c(N3CCCN(c4nc(C)ns4)CC3)nccn12. The van der Waals surface area contributed by atoms with E-state index in [4.69, 9.17) is 0 Å². The van der Waals surface area contributed by atoms with Gasteiger partial charge in [0.15, 0.2) is 5.82 Å². The van der Waals surface area contributed by atoms with Gasteiger partial charge in [0.1, 0.15) is 11.6 Å². The molecule has 126 valence electrons. The molecule has 3 aromatic heterocycles. The normalized spacial score (nSPS) is 15.9. The fraction of sp³-hybridized carbons (Fsp3) is 0.533. The quantitative estimate of drug-likeness (QED) is 0.714. The van der Waals surface area contributed by atoms with Crippen LogP contribution in [0.1, 0.15) is 25.0 Å². The second-order valence-electron chi connectivity index (χ2n) is 5.87. The van der Waals surface area contributed by atoms with Crippen molar-refractivity contribution in [3.63, 3.8) is 0 Å². The predicted molar refractivity (Wildman–Crippen MR) is 93.8 cm³/mol. The molecule has 0 bridgehead atoms. The lowest BCUT2D eigenvalue weighted by atomic mass is 10.4. The summed E-state index contributed by atoms with van der Waals surface area (Å²) >= 11 is 1.48. The van der Waals surface area contributed by atoms with Gasteiger partial charge in [0.25, 0.3) is 0 Å². The van der Waals surface area contributed by atoms with Crippen LogP contribution >= 0.6 is 11.5 Å². The van der Waals surface area contributed by atoms with Crippen LogP contribution < -0.4 is 9.80 Å². The van der Waals surface area contributed by atoms with Crippen LogP contribution in [0, 0.1) is 6.92 Å². The number of aromatic nitrogens is 6.